The Kier molecular flexibility index (Phi) is 0.336. The minimum atomic E-state index is 0.747. The molecule has 0 spiro atoms. The Balaban J connectivity index is 2.25. The molecule has 1 saturated carbocycles. The van der Waals surface area contributed by atoms with Gasteiger partial charge in [-0.15, -0.1) is 0 Å². The molecular weight excluding hydrogens is 122 g/mol. The predicted octanol–water partition coefficient (Wildman–Crippen LogP) is 1.25. The Labute approximate surface area is 58.5 Å². The standard InChI is InChI=1S/C9H5N/c1-4-6-2-10-3-7(4)9-5(1)8(6)9/h1-2,8H,3H2. The normalized spacial score (nSPS) is 36.0. The molecule has 0 N–H and O–H groups in total. The van der Waals surface area contributed by atoms with Gasteiger partial charge in [0.15, 0.2) is 0 Å². The topological polar surface area (TPSA) is 12.4 Å². The van der Waals surface area contributed by atoms with Crippen LogP contribution in [0.25, 0.3) is 0 Å². The number of aliphatic imine (C=N–C) groups is 1. The molecule has 1 heteroatoms. The van der Waals surface area contributed by atoms with Crippen molar-refractivity contribution in [2.45, 2.75) is 0 Å². The minimum absolute atomic E-state index is 0.747. The van der Waals surface area contributed by atoms with Crippen molar-refractivity contribution in [2.24, 2.45) is 10.9 Å². The summed E-state index contributed by atoms with van der Waals surface area (Å²) >= 11 is 0. The maximum absolute atomic E-state index is 4.29. The summed E-state index contributed by atoms with van der Waals surface area (Å²) in [4.78, 5) is 4.29. The van der Waals surface area contributed by atoms with Crippen LogP contribution in [-0.2, 0) is 0 Å². The molecule has 0 aromatic carbocycles. The molecule has 1 atom stereocenters. The molecule has 1 aliphatic heterocycles. The molecule has 1 nitrogen and oxygen atoms in total. The van der Waals surface area contributed by atoms with E-state index in [0.717, 1.165) is 12.5 Å². The molecule has 1 fully saturated rings. The first-order valence-electron chi connectivity index (χ1n) is 3.66. The molecule has 0 saturated heterocycles. The number of hydrogen-bond donors (Lipinski definition) is 0. The van der Waals surface area contributed by atoms with E-state index in [0.29, 0.717) is 0 Å². The summed E-state index contributed by atoms with van der Waals surface area (Å²) < 4.78 is 0. The van der Waals surface area contributed by atoms with E-state index in [1.807, 2.05) is 0 Å². The second-order valence-corrected chi connectivity index (χ2v) is 3.26. The lowest BCUT2D eigenvalue weighted by Crippen LogP contribution is -1.97. The van der Waals surface area contributed by atoms with Gasteiger partial charge < -0.3 is 0 Å². The third-order valence-corrected chi connectivity index (χ3v) is 2.88. The molecule has 0 aromatic heterocycles. The molecular formula is C9H5N. The summed E-state index contributed by atoms with van der Waals surface area (Å²) in [5.74, 6) is 0.747. The highest BCUT2D eigenvalue weighted by atomic mass is 14.8. The van der Waals surface area contributed by atoms with Crippen LogP contribution < -0.4 is 0 Å². The van der Waals surface area contributed by atoms with Crippen LogP contribution in [0.15, 0.2) is 38.9 Å². The second-order valence-electron chi connectivity index (χ2n) is 3.26. The van der Waals surface area contributed by atoms with Crippen LogP contribution in [-0.4, -0.2) is 12.8 Å². The van der Waals surface area contributed by atoms with Crippen molar-refractivity contribution in [3.8, 4) is 0 Å². The zero-order valence-corrected chi connectivity index (χ0v) is 5.39. The molecule has 5 aliphatic rings. The van der Waals surface area contributed by atoms with Gasteiger partial charge in [0, 0.05) is 12.1 Å². The third-order valence-electron chi connectivity index (χ3n) is 2.88. The molecule has 10 heavy (non-hydrogen) atoms. The average molecular weight is 127 g/mol. The third kappa shape index (κ3) is 0.196. The summed E-state index contributed by atoms with van der Waals surface area (Å²) in [6, 6.07) is 0. The van der Waals surface area contributed by atoms with E-state index in [-0.39, 0.29) is 0 Å². The van der Waals surface area contributed by atoms with Crippen LogP contribution >= 0.6 is 0 Å². The monoisotopic (exact) mass is 127 g/mol. The largest absolute Gasteiger partial charge is 0.288 e. The Bertz CT molecular complexity index is 388. The second kappa shape index (κ2) is 0.858. The van der Waals surface area contributed by atoms with E-state index in [4.69, 9.17) is 0 Å². The highest BCUT2D eigenvalue weighted by molar-refractivity contribution is 6.00. The Morgan fingerprint density at radius 1 is 1.50 bits per heavy atom. The van der Waals surface area contributed by atoms with Crippen molar-refractivity contribution in [3.05, 3.63) is 33.9 Å². The molecule has 0 aromatic rings. The summed E-state index contributed by atoms with van der Waals surface area (Å²) in [5.41, 5.74) is 7.78. The lowest BCUT2D eigenvalue weighted by Gasteiger charge is -2.04. The predicted molar refractivity (Wildman–Crippen MR) is 39.0 cm³/mol. The summed E-state index contributed by atoms with van der Waals surface area (Å²) in [5, 5.41) is 0. The molecule has 0 radical (unpaired) electrons. The fourth-order valence-electron chi connectivity index (χ4n) is 2.42. The Hall–Kier alpha value is -1.11. The molecule has 4 aliphatic carbocycles. The molecule has 1 unspecified atom stereocenters. The van der Waals surface area contributed by atoms with E-state index in [1.54, 1.807) is 11.1 Å². The van der Waals surface area contributed by atoms with Gasteiger partial charge in [0.2, 0.25) is 0 Å². The van der Waals surface area contributed by atoms with Crippen LogP contribution in [0, 0.1) is 5.92 Å². The summed E-state index contributed by atoms with van der Waals surface area (Å²) in [6.45, 7) is 0.949. The van der Waals surface area contributed by atoms with Crippen LogP contribution in [0.1, 0.15) is 0 Å². The SMILES string of the molecule is C1=NCC2=C3C4=CC2=C1C43. The van der Waals surface area contributed by atoms with Crippen molar-refractivity contribution < 1.29 is 0 Å². The fraction of sp³-hybridized carbons (Fsp3) is 0.222. The highest BCUT2D eigenvalue weighted by Crippen LogP contribution is 2.65. The first-order valence-corrected chi connectivity index (χ1v) is 3.66. The van der Waals surface area contributed by atoms with Gasteiger partial charge in [-0.1, -0.05) is 0 Å². The van der Waals surface area contributed by atoms with Crippen molar-refractivity contribution >= 4 is 6.21 Å². The maximum atomic E-state index is 4.29. The maximum Gasteiger partial charge on any atom is 0.0648 e. The minimum Gasteiger partial charge on any atom is -0.288 e. The van der Waals surface area contributed by atoms with E-state index in [2.05, 4.69) is 17.3 Å². The molecule has 0 amide bonds. The zero-order valence-electron chi connectivity index (χ0n) is 5.39. The Morgan fingerprint density at radius 2 is 2.50 bits per heavy atom. The van der Waals surface area contributed by atoms with Gasteiger partial charge >= 0.3 is 0 Å². The molecule has 5 rings (SSSR count). The van der Waals surface area contributed by atoms with E-state index >= 15 is 0 Å². The van der Waals surface area contributed by atoms with Gasteiger partial charge in [-0.2, -0.15) is 0 Å². The Morgan fingerprint density at radius 3 is 3.20 bits per heavy atom. The number of allylic oxidation sites excluding steroid dienone is 4. The van der Waals surface area contributed by atoms with Crippen molar-refractivity contribution in [1.82, 2.24) is 0 Å². The lowest BCUT2D eigenvalue weighted by atomic mass is 10.1. The van der Waals surface area contributed by atoms with E-state index in [1.165, 1.54) is 16.7 Å². The number of hydrogen-bond acceptors (Lipinski definition) is 1. The number of nitrogens with zero attached hydrogens (tertiary/aromatic N) is 1. The quantitative estimate of drug-likeness (QED) is 0.464. The van der Waals surface area contributed by atoms with Crippen LogP contribution in [0.2, 0.25) is 0 Å². The van der Waals surface area contributed by atoms with Gasteiger partial charge in [0.1, 0.15) is 0 Å². The zero-order chi connectivity index (χ0) is 6.29. The average Bonchev–Trinajstić information content (AvgIpc) is 2.32. The lowest BCUT2D eigenvalue weighted by molar-refractivity contribution is 1.16. The molecule has 46 valence electrons. The molecule has 6 bridgehead atoms. The number of rotatable bonds is 0. The van der Waals surface area contributed by atoms with Crippen molar-refractivity contribution in [2.75, 3.05) is 6.54 Å². The van der Waals surface area contributed by atoms with Crippen LogP contribution in [0.3, 0.4) is 0 Å². The van der Waals surface area contributed by atoms with Gasteiger partial charge in [-0.05, 0) is 33.9 Å². The van der Waals surface area contributed by atoms with Crippen molar-refractivity contribution in [3.63, 3.8) is 0 Å². The first-order chi connectivity index (χ1) is 4.97. The first kappa shape index (κ1) is 3.91. The summed E-state index contributed by atoms with van der Waals surface area (Å²) in [7, 11) is 0. The van der Waals surface area contributed by atoms with Crippen LogP contribution in [0.4, 0.5) is 0 Å². The van der Waals surface area contributed by atoms with E-state index < -0.39 is 0 Å². The van der Waals surface area contributed by atoms with Crippen molar-refractivity contribution in [1.29, 1.82) is 0 Å². The van der Waals surface area contributed by atoms with E-state index in [9.17, 15) is 0 Å². The smallest absolute Gasteiger partial charge is 0.0648 e. The number of dihydropyridines is 1. The highest BCUT2D eigenvalue weighted by Gasteiger charge is 2.54. The summed E-state index contributed by atoms with van der Waals surface area (Å²) in [6.07, 6.45) is 4.41. The van der Waals surface area contributed by atoms with Gasteiger partial charge in [-0.3, -0.25) is 4.99 Å². The van der Waals surface area contributed by atoms with Gasteiger partial charge in [-0.25, -0.2) is 0 Å². The van der Waals surface area contributed by atoms with Gasteiger partial charge in [0.25, 0.3) is 0 Å². The fourth-order valence-corrected chi connectivity index (χ4v) is 2.42. The van der Waals surface area contributed by atoms with Gasteiger partial charge in [0.05, 0.1) is 6.54 Å². The van der Waals surface area contributed by atoms with Crippen LogP contribution in [0.5, 0.6) is 0 Å². The molecule has 1 heterocycles.